The molecule has 4 aromatic rings. The van der Waals surface area contributed by atoms with Crippen molar-refractivity contribution in [3.05, 3.63) is 70.2 Å². The lowest BCUT2D eigenvalue weighted by Crippen LogP contribution is -2.23. The van der Waals surface area contributed by atoms with Crippen LogP contribution >= 0.6 is 15.9 Å². The first-order valence-corrected chi connectivity index (χ1v) is 8.67. The molecule has 4 rings (SSSR count). The zero-order valence-electron chi connectivity index (χ0n) is 13.6. The number of hydrogen-bond acceptors (Lipinski definition) is 2. The van der Waals surface area contributed by atoms with Gasteiger partial charge in [0.2, 0.25) is 0 Å². The van der Waals surface area contributed by atoms with Gasteiger partial charge in [0, 0.05) is 27.8 Å². The number of carbonyl (C=O) groups excluding carboxylic acids is 1. The number of halogens is 4. The Kier molecular flexibility index (Phi) is 4.15. The van der Waals surface area contributed by atoms with E-state index in [2.05, 4.69) is 25.9 Å². The number of Topliss-reactive ketones (excluding diaryl/α,β-unsaturated/α-hetero) is 1. The van der Waals surface area contributed by atoms with Crippen molar-refractivity contribution in [2.75, 3.05) is 0 Å². The van der Waals surface area contributed by atoms with Gasteiger partial charge in [-0.05, 0) is 36.4 Å². The Hall–Kier alpha value is -2.87. The number of nitrogens with zero attached hydrogens (tertiary/aromatic N) is 2. The first-order chi connectivity index (χ1) is 12.8. The Bertz CT molecular complexity index is 1170. The average Bonchev–Trinajstić information content (AvgIpc) is 3.18. The molecule has 0 unspecified atom stereocenters. The summed E-state index contributed by atoms with van der Waals surface area (Å²) >= 11 is 3.28. The molecule has 0 bridgehead atoms. The highest BCUT2D eigenvalue weighted by Gasteiger charge is 2.41. The average molecular weight is 434 g/mol. The van der Waals surface area contributed by atoms with E-state index in [1.165, 1.54) is 12.1 Å². The van der Waals surface area contributed by atoms with Crippen LogP contribution in [0.5, 0.6) is 0 Å². The van der Waals surface area contributed by atoms with Crippen LogP contribution in [0.4, 0.5) is 13.2 Å². The number of rotatable bonds is 3. The van der Waals surface area contributed by atoms with Crippen LogP contribution in [-0.2, 0) is 0 Å². The standard InChI is InChI=1S/C19H11BrF3N3O/c20-11-4-6-13-15(9-11)25-14(17(13)18(27)19(21,22)23)7-5-12-10-26-8-2-1-3-16(26)24-12/h1-10,25H/b7-5+. The maximum Gasteiger partial charge on any atom is 0.454 e. The third kappa shape index (κ3) is 3.28. The zero-order chi connectivity index (χ0) is 19.2. The van der Waals surface area contributed by atoms with Crippen molar-refractivity contribution in [1.29, 1.82) is 0 Å². The summed E-state index contributed by atoms with van der Waals surface area (Å²) in [5.74, 6) is -1.88. The summed E-state index contributed by atoms with van der Waals surface area (Å²) < 4.78 is 41.8. The number of ketones is 1. The number of aromatic nitrogens is 3. The molecule has 0 aliphatic rings. The van der Waals surface area contributed by atoms with Gasteiger partial charge >= 0.3 is 6.18 Å². The molecule has 1 N–H and O–H groups in total. The summed E-state index contributed by atoms with van der Waals surface area (Å²) in [6.07, 6.45) is 1.61. The second kappa shape index (κ2) is 6.38. The molecule has 0 aliphatic carbocycles. The summed E-state index contributed by atoms with van der Waals surface area (Å²) in [5.41, 5.74) is 1.40. The van der Waals surface area contributed by atoms with Crippen LogP contribution in [0.1, 0.15) is 21.7 Å². The normalized spacial score (nSPS) is 12.4. The van der Waals surface area contributed by atoms with Crippen molar-refractivity contribution in [3.8, 4) is 0 Å². The number of hydrogen-bond donors (Lipinski definition) is 1. The number of benzene rings is 1. The molecule has 3 heterocycles. The highest BCUT2D eigenvalue weighted by atomic mass is 79.9. The van der Waals surface area contributed by atoms with Gasteiger partial charge in [-0.25, -0.2) is 4.98 Å². The van der Waals surface area contributed by atoms with Crippen molar-refractivity contribution < 1.29 is 18.0 Å². The largest absolute Gasteiger partial charge is 0.454 e. The number of H-pyrrole nitrogens is 1. The highest BCUT2D eigenvalue weighted by molar-refractivity contribution is 9.10. The molecule has 136 valence electrons. The van der Waals surface area contributed by atoms with Crippen LogP contribution in [0.15, 0.2) is 53.3 Å². The fraction of sp³-hybridized carbons (Fsp3) is 0.0526. The Balaban J connectivity index is 1.83. The van der Waals surface area contributed by atoms with Crippen LogP contribution in [0, 0.1) is 0 Å². The van der Waals surface area contributed by atoms with E-state index in [9.17, 15) is 18.0 Å². The minimum absolute atomic E-state index is 0.0856. The summed E-state index contributed by atoms with van der Waals surface area (Å²) in [6.45, 7) is 0. The molecule has 4 nitrogen and oxygen atoms in total. The molecular formula is C19H11BrF3N3O. The number of alkyl halides is 3. The minimum atomic E-state index is -4.96. The second-order valence-corrected chi connectivity index (χ2v) is 6.81. The maximum absolute atomic E-state index is 13.1. The van der Waals surface area contributed by atoms with Crippen LogP contribution in [0.3, 0.4) is 0 Å². The van der Waals surface area contributed by atoms with Gasteiger partial charge in [-0.3, -0.25) is 4.79 Å². The van der Waals surface area contributed by atoms with E-state index < -0.39 is 17.5 Å². The number of imidazole rings is 1. The molecule has 27 heavy (non-hydrogen) atoms. The monoisotopic (exact) mass is 433 g/mol. The van der Waals surface area contributed by atoms with E-state index in [0.717, 1.165) is 0 Å². The third-order valence-electron chi connectivity index (χ3n) is 4.08. The van der Waals surface area contributed by atoms with Crippen molar-refractivity contribution in [2.45, 2.75) is 6.18 Å². The number of pyridine rings is 1. The van der Waals surface area contributed by atoms with Crippen LogP contribution in [0.2, 0.25) is 0 Å². The van der Waals surface area contributed by atoms with E-state index in [-0.39, 0.29) is 11.1 Å². The number of fused-ring (bicyclic) bond motifs is 2. The maximum atomic E-state index is 13.1. The Labute approximate surface area is 159 Å². The SMILES string of the molecule is O=C(c1c(/C=C/c2cn3ccccc3n2)[nH]c2cc(Br)ccc12)C(F)(F)F. The summed E-state index contributed by atoms with van der Waals surface area (Å²) in [4.78, 5) is 19.2. The van der Waals surface area contributed by atoms with Gasteiger partial charge in [0.1, 0.15) is 5.65 Å². The smallest absolute Gasteiger partial charge is 0.354 e. The number of carbonyl (C=O) groups is 1. The van der Waals surface area contributed by atoms with Gasteiger partial charge in [0.05, 0.1) is 17.0 Å². The molecule has 0 radical (unpaired) electrons. The van der Waals surface area contributed by atoms with E-state index in [4.69, 9.17) is 0 Å². The molecule has 0 saturated heterocycles. The molecule has 0 fully saturated rings. The Morgan fingerprint density at radius 3 is 2.74 bits per heavy atom. The van der Waals surface area contributed by atoms with E-state index in [0.29, 0.717) is 21.3 Å². The molecular weight excluding hydrogens is 423 g/mol. The number of aromatic amines is 1. The topological polar surface area (TPSA) is 50.2 Å². The quantitative estimate of drug-likeness (QED) is 0.434. The van der Waals surface area contributed by atoms with Gasteiger partial charge in [0.25, 0.3) is 5.78 Å². The van der Waals surface area contributed by atoms with E-state index in [1.807, 2.05) is 24.4 Å². The summed E-state index contributed by atoms with van der Waals surface area (Å²) in [6, 6.07) is 10.2. The lowest BCUT2D eigenvalue weighted by atomic mass is 10.1. The summed E-state index contributed by atoms with van der Waals surface area (Å²) in [5, 5.41) is 0.218. The zero-order valence-corrected chi connectivity index (χ0v) is 15.2. The molecule has 0 saturated carbocycles. The molecule has 1 aromatic carbocycles. The fourth-order valence-electron chi connectivity index (χ4n) is 2.91. The first-order valence-electron chi connectivity index (χ1n) is 7.87. The Morgan fingerprint density at radius 1 is 1.19 bits per heavy atom. The van der Waals surface area contributed by atoms with Crippen LogP contribution in [-0.4, -0.2) is 26.3 Å². The van der Waals surface area contributed by atoms with E-state index >= 15 is 0 Å². The van der Waals surface area contributed by atoms with Crippen molar-refractivity contribution in [1.82, 2.24) is 14.4 Å². The molecule has 8 heteroatoms. The lowest BCUT2D eigenvalue weighted by Gasteiger charge is -2.05. The van der Waals surface area contributed by atoms with Crippen LogP contribution in [0.25, 0.3) is 28.7 Å². The van der Waals surface area contributed by atoms with Crippen LogP contribution < -0.4 is 0 Å². The minimum Gasteiger partial charge on any atom is -0.354 e. The lowest BCUT2D eigenvalue weighted by molar-refractivity contribution is -0.0884. The second-order valence-electron chi connectivity index (χ2n) is 5.90. The number of nitrogens with one attached hydrogen (secondary N) is 1. The highest BCUT2D eigenvalue weighted by Crippen LogP contribution is 2.32. The Morgan fingerprint density at radius 2 is 2.00 bits per heavy atom. The predicted octanol–water partition coefficient (Wildman–Crippen LogP) is 5.49. The molecule has 0 amide bonds. The first kappa shape index (κ1) is 17.5. The van der Waals surface area contributed by atoms with Gasteiger partial charge in [-0.2, -0.15) is 13.2 Å². The van der Waals surface area contributed by atoms with Gasteiger partial charge < -0.3 is 9.38 Å². The molecule has 0 aliphatic heterocycles. The van der Waals surface area contributed by atoms with Gasteiger partial charge in [-0.1, -0.05) is 28.1 Å². The molecule has 0 atom stereocenters. The van der Waals surface area contributed by atoms with Crippen molar-refractivity contribution in [2.24, 2.45) is 0 Å². The molecule has 0 spiro atoms. The van der Waals surface area contributed by atoms with Gasteiger partial charge in [-0.15, -0.1) is 0 Å². The molecule has 3 aromatic heterocycles. The summed E-state index contributed by atoms with van der Waals surface area (Å²) in [7, 11) is 0. The third-order valence-corrected chi connectivity index (χ3v) is 4.57. The fourth-order valence-corrected chi connectivity index (χ4v) is 3.27. The van der Waals surface area contributed by atoms with Crippen molar-refractivity contribution >= 4 is 50.4 Å². The van der Waals surface area contributed by atoms with E-state index in [1.54, 1.807) is 28.8 Å². The van der Waals surface area contributed by atoms with Crippen molar-refractivity contribution in [3.63, 3.8) is 0 Å². The van der Waals surface area contributed by atoms with Gasteiger partial charge in [0.15, 0.2) is 0 Å². The predicted molar refractivity (Wildman–Crippen MR) is 101 cm³/mol.